The van der Waals surface area contributed by atoms with E-state index in [1.54, 1.807) is 13.8 Å². The highest BCUT2D eigenvalue weighted by atomic mass is 16.5. The van der Waals surface area contributed by atoms with Crippen molar-refractivity contribution < 1.29 is 19.1 Å². The van der Waals surface area contributed by atoms with Crippen LogP contribution >= 0.6 is 0 Å². The summed E-state index contributed by atoms with van der Waals surface area (Å²) < 4.78 is 5.15. The fourth-order valence-corrected chi connectivity index (χ4v) is 2.08. The average molecular weight is 283 g/mol. The van der Waals surface area contributed by atoms with Crippen LogP contribution in [0.4, 0.5) is 0 Å². The van der Waals surface area contributed by atoms with E-state index in [4.69, 9.17) is 10.5 Å². The van der Waals surface area contributed by atoms with Crippen molar-refractivity contribution in [1.29, 1.82) is 0 Å². The van der Waals surface area contributed by atoms with Crippen molar-refractivity contribution >= 4 is 17.6 Å². The maximum atomic E-state index is 11.7. The van der Waals surface area contributed by atoms with Crippen LogP contribution in [0.5, 0.6) is 0 Å². The molecule has 0 bridgehead atoms. The van der Waals surface area contributed by atoms with Crippen LogP contribution in [0.3, 0.4) is 0 Å². The lowest BCUT2D eigenvalue weighted by molar-refractivity contribution is -0.124. The molecule has 113 valence electrons. The van der Waals surface area contributed by atoms with E-state index in [0.717, 1.165) is 0 Å². The Morgan fingerprint density at radius 2 is 2.15 bits per heavy atom. The van der Waals surface area contributed by atoms with Crippen LogP contribution in [0.2, 0.25) is 0 Å². The number of primary amides is 1. The fraction of sp³-hybridized carbons (Fsp3) is 0.714. The predicted octanol–water partition coefficient (Wildman–Crippen LogP) is 0.201. The van der Waals surface area contributed by atoms with Crippen LogP contribution in [0.1, 0.15) is 33.6 Å². The van der Waals surface area contributed by atoms with Gasteiger partial charge in [0.25, 0.3) is 0 Å². The Morgan fingerprint density at radius 3 is 2.65 bits per heavy atom. The number of nitrogens with two attached hydrogens (primary N) is 1. The van der Waals surface area contributed by atoms with Gasteiger partial charge in [0.05, 0.1) is 6.10 Å². The number of hydrogen-bond acceptors (Lipinski definition) is 4. The van der Waals surface area contributed by atoms with E-state index < -0.39 is 6.04 Å². The van der Waals surface area contributed by atoms with E-state index in [2.05, 4.69) is 5.32 Å². The van der Waals surface area contributed by atoms with Gasteiger partial charge in [-0.3, -0.25) is 14.4 Å². The Kier molecular flexibility index (Phi) is 6.13. The van der Waals surface area contributed by atoms with Crippen molar-refractivity contribution in [2.24, 2.45) is 17.6 Å². The Hall–Kier alpha value is -1.43. The summed E-state index contributed by atoms with van der Waals surface area (Å²) in [7, 11) is 0. The van der Waals surface area contributed by atoms with E-state index in [1.807, 2.05) is 6.92 Å². The third-order valence-electron chi connectivity index (χ3n) is 3.86. The molecule has 1 rings (SSSR count). The van der Waals surface area contributed by atoms with Gasteiger partial charge in [-0.25, -0.2) is 0 Å². The van der Waals surface area contributed by atoms with Crippen LogP contribution in [-0.2, 0) is 19.1 Å². The molecule has 1 heterocycles. The van der Waals surface area contributed by atoms with Crippen LogP contribution in [0.15, 0.2) is 0 Å². The van der Waals surface area contributed by atoms with E-state index in [0.29, 0.717) is 12.8 Å². The van der Waals surface area contributed by atoms with Gasteiger partial charge in [-0.15, -0.1) is 0 Å². The second-order valence-electron chi connectivity index (χ2n) is 5.42. The Labute approximate surface area is 119 Å². The summed E-state index contributed by atoms with van der Waals surface area (Å²) in [5.74, 6) is -0.803. The van der Waals surface area contributed by atoms with Crippen molar-refractivity contribution in [3.05, 3.63) is 6.42 Å². The Balaban J connectivity index is 2.27. The number of rotatable bonds is 7. The molecule has 20 heavy (non-hydrogen) atoms. The smallest absolute Gasteiger partial charge is 0.224 e. The molecule has 1 aliphatic rings. The number of Topliss-reactive ketones (excluding diaryl/α,β-unsaturated/α-hetero) is 1. The van der Waals surface area contributed by atoms with Gasteiger partial charge in [0, 0.05) is 12.3 Å². The average Bonchev–Trinajstić information content (AvgIpc) is 2.69. The van der Waals surface area contributed by atoms with Gasteiger partial charge in [-0.2, -0.15) is 0 Å². The molecule has 1 fully saturated rings. The van der Waals surface area contributed by atoms with E-state index in [9.17, 15) is 14.4 Å². The van der Waals surface area contributed by atoms with Gasteiger partial charge in [-0.1, -0.05) is 13.8 Å². The van der Waals surface area contributed by atoms with E-state index in [1.165, 1.54) is 6.42 Å². The molecule has 1 saturated heterocycles. The zero-order valence-electron chi connectivity index (χ0n) is 12.2. The molecule has 6 nitrogen and oxygen atoms in total. The van der Waals surface area contributed by atoms with E-state index >= 15 is 0 Å². The first-order chi connectivity index (χ1) is 9.32. The number of ketones is 1. The third kappa shape index (κ3) is 4.59. The first kappa shape index (κ1) is 16.6. The molecule has 0 aromatic carbocycles. The van der Waals surface area contributed by atoms with Crippen molar-refractivity contribution in [1.82, 2.24) is 5.32 Å². The van der Waals surface area contributed by atoms with Gasteiger partial charge in [0.15, 0.2) is 5.78 Å². The first-order valence-corrected chi connectivity index (χ1v) is 6.90. The summed E-state index contributed by atoms with van der Waals surface area (Å²) in [6.07, 6.45) is 2.46. The second-order valence-corrected chi connectivity index (χ2v) is 5.42. The largest absolute Gasteiger partial charge is 0.369 e. The first-order valence-electron chi connectivity index (χ1n) is 6.90. The second kappa shape index (κ2) is 7.38. The summed E-state index contributed by atoms with van der Waals surface area (Å²) >= 11 is 0. The maximum absolute atomic E-state index is 11.7. The van der Waals surface area contributed by atoms with Gasteiger partial charge in [0.2, 0.25) is 11.8 Å². The Bertz CT molecular complexity index is 383. The molecule has 6 heteroatoms. The maximum Gasteiger partial charge on any atom is 0.224 e. The molecule has 1 aliphatic heterocycles. The standard InChI is InChI=1S/C14H23N2O4/c1-8(9(2)14(15)19)5-4-6-12(18)16-13-10(3)20-7-11(13)17/h6,8-10,13H,4-5,7H2,1-3H3,(H2,15,19)(H,16,18)/t8-,9?,10-,13-/m0/s1. The summed E-state index contributed by atoms with van der Waals surface area (Å²) in [5.41, 5.74) is 5.23. The lowest BCUT2D eigenvalue weighted by Gasteiger charge is -2.17. The minimum Gasteiger partial charge on any atom is -0.369 e. The molecule has 0 spiro atoms. The van der Waals surface area contributed by atoms with Gasteiger partial charge in [0.1, 0.15) is 12.6 Å². The zero-order chi connectivity index (χ0) is 15.3. The van der Waals surface area contributed by atoms with Crippen molar-refractivity contribution in [2.75, 3.05) is 6.61 Å². The highest BCUT2D eigenvalue weighted by Crippen LogP contribution is 2.17. The van der Waals surface area contributed by atoms with Crippen molar-refractivity contribution in [2.45, 2.75) is 45.8 Å². The zero-order valence-corrected chi connectivity index (χ0v) is 12.2. The monoisotopic (exact) mass is 283 g/mol. The number of nitrogens with one attached hydrogen (secondary N) is 1. The number of carbonyl (C=O) groups is 3. The highest BCUT2D eigenvalue weighted by molar-refractivity contribution is 5.94. The molecule has 0 saturated carbocycles. The van der Waals surface area contributed by atoms with Crippen molar-refractivity contribution in [3.8, 4) is 0 Å². The topological polar surface area (TPSA) is 98.5 Å². The molecule has 4 atom stereocenters. The molecule has 2 amide bonds. The molecule has 0 aromatic heterocycles. The van der Waals surface area contributed by atoms with Crippen LogP contribution < -0.4 is 11.1 Å². The lowest BCUT2D eigenvalue weighted by atomic mass is 9.90. The molecule has 1 radical (unpaired) electrons. The number of carbonyl (C=O) groups excluding carboxylic acids is 3. The summed E-state index contributed by atoms with van der Waals surface area (Å²) in [5, 5.41) is 2.64. The molecule has 1 unspecified atom stereocenters. The minimum absolute atomic E-state index is 0.0548. The quantitative estimate of drug-likeness (QED) is 0.697. The number of ether oxygens (including phenoxy) is 1. The van der Waals surface area contributed by atoms with Crippen LogP contribution in [0, 0.1) is 18.3 Å². The Morgan fingerprint density at radius 1 is 1.50 bits per heavy atom. The van der Waals surface area contributed by atoms with Gasteiger partial charge in [-0.05, 0) is 25.7 Å². The highest BCUT2D eigenvalue weighted by Gasteiger charge is 2.33. The van der Waals surface area contributed by atoms with Gasteiger partial charge >= 0.3 is 0 Å². The van der Waals surface area contributed by atoms with Crippen molar-refractivity contribution in [3.63, 3.8) is 0 Å². The minimum atomic E-state index is -0.555. The number of hydrogen-bond donors (Lipinski definition) is 2. The SMILES string of the molecule is CC(C(N)=O)[C@@H](C)CC[CH]C(=O)N[C@@H]1C(=O)CO[C@H]1C. The summed E-state index contributed by atoms with van der Waals surface area (Å²) in [6.45, 7) is 5.52. The summed E-state index contributed by atoms with van der Waals surface area (Å²) in [4.78, 5) is 34.2. The van der Waals surface area contributed by atoms with Crippen LogP contribution in [0.25, 0.3) is 0 Å². The molecule has 0 aliphatic carbocycles. The third-order valence-corrected chi connectivity index (χ3v) is 3.86. The fourth-order valence-electron chi connectivity index (χ4n) is 2.08. The van der Waals surface area contributed by atoms with Gasteiger partial charge < -0.3 is 15.8 Å². The van der Waals surface area contributed by atoms with E-state index in [-0.39, 0.29) is 42.1 Å². The molecule has 3 N–H and O–H groups in total. The number of amides is 2. The normalized spacial score (nSPS) is 25.2. The predicted molar refractivity (Wildman–Crippen MR) is 73.4 cm³/mol. The molecular formula is C14H23N2O4. The lowest BCUT2D eigenvalue weighted by Crippen LogP contribution is -2.43. The molecular weight excluding hydrogens is 260 g/mol. The van der Waals surface area contributed by atoms with Crippen LogP contribution in [-0.4, -0.2) is 36.4 Å². The molecule has 0 aromatic rings. The summed E-state index contributed by atoms with van der Waals surface area (Å²) in [6, 6.07) is -0.555.